The molecule has 2 fully saturated rings. The molecule has 2 saturated carbocycles. The Labute approximate surface area is 144 Å². The van der Waals surface area contributed by atoms with Crippen molar-refractivity contribution < 1.29 is 9.53 Å². The number of hydrogen-bond acceptors (Lipinski definition) is 3. The summed E-state index contributed by atoms with van der Waals surface area (Å²) < 4.78 is 7.97. The van der Waals surface area contributed by atoms with E-state index in [0.29, 0.717) is 12.6 Å². The van der Waals surface area contributed by atoms with E-state index in [2.05, 4.69) is 20.2 Å². The van der Waals surface area contributed by atoms with Gasteiger partial charge in [-0.3, -0.25) is 0 Å². The smallest absolute Gasteiger partial charge is 0.315 e. The number of aryl methyl sites for hydroxylation is 2. The number of amides is 2. The minimum absolute atomic E-state index is 0.0277. The number of carbonyl (C=O) groups excluding carboxylic acids is 1. The minimum Gasteiger partial charge on any atom is -0.378 e. The third-order valence-electron chi connectivity index (χ3n) is 5.78. The van der Waals surface area contributed by atoms with Gasteiger partial charge in [-0.15, -0.1) is 0 Å². The molecule has 2 amide bonds. The number of nitrogens with zero attached hydrogens (tertiary/aromatic N) is 2. The maximum Gasteiger partial charge on any atom is 0.315 e. The molecule has 0 aromatic carbocycles. The van der Waals surface area contributed by atoms with Gasteiger partial charge in [-0.2, -0.15) is 0 Å². The van der Waals surface area contributed by atoms with E-state index in [1.807, 2.05) is 26.2 Å². The molecule has 2 N–H and O–H groups in total. The molecule has 2 aliphatic rings. The van der Waals surface area contributed by atoms with E-state index in [1.54, 1.807) is 0 Å². The molecule has 0 aliphatic heterocycles. The van der Waals surface area contributed by atoms with E-state index in [4.69, 9.17) is 4.74 Å². The lowest BCUT2D eigenvalue weighted by Gasteiger charge is -2.60. The van der Waals surface area contributed by atoms with Crippen molar-refractivity contribution in [2.75, 3.05) is 13.2 Å². The van der Waals surface area contributed by atoms with Crippen LogP contribution in [0.5, 0.6) is 0 Å². The van der Waals surface area contributed by atoms with Gasteiger partial charge in [0, 0.05) is 43.5 Å². The predicted octanol–water partition coefficient (Wildman–Crippen LogP) is 2.62. The monoisotopic (exact) mass is 334 g/mol. The first-order chi connectivity index (χ1) is 11.7. The van der Waals surface area contributed by atoms with Crippen molar-refractivity contribution in [2.24, 2.45) is 5.41 Å². The van der Waals surface area contributed by atoms with Gasteiger partial charge in [0.15, 0.2) is 0 Å². The van der Waals surface area contributed by atoms with Crippen LogP contribution in [0.15, 0.2) is 12.4 Å². The molecule has 6 nitrogen and oxygen atoms in total. The molecule has 2 atom stereocenters. The standard InChI is InChI=1S/C18H30N4O2/c1-3-24-16-13-15(18(16)7-6-8-18)21-17(23)20-9-4-5-11-22-12-10-19-14(22)2/h10,12,15-16H,3-9,11,13H2,1-2H3,(H2,20,21,23)/t15-,16-/m0/s1. The zero-order valence-corrected chi connectivity index (χ0v) is 14.9. The summed E-state index contributed by atoms with van der Waals surface area (Å²) in [6, 6.07) is 0.261. The van der Waals surface area contributed by atoms with Gasteiger partial charge < -0.3 is 19.9 Å². The van der Waals surface area contributed by atoms with Crippen LogP contribution in [-0.2, 0) is 11.3 Å². The Hall–Kier alpha value is -1.56. The van der Waals surface area contributed by atoms with Crippen molar-refractivity contribution in [3.63, 3.8) is 0 Å². The molecule has 3 rings (SSSR count). The summed E-state index contributed by atoms with van der Waals surface area (Å²) in [5, 5.41) is 6.16. The number of aromatic nitrogens is 2. The number of imidazole rings is 1. The number of unbranched alkanes of at least 4 members (excludes halogenated alkanes) is 1. The summed E-state index contributed by atoms with van der Waals surface area (Å²) in [7, 11) is 0. The molecule has 1 spiro atoms. The maximum absolute atomic E-state index is 12.1. The van der Waals surface area contributed by atoms with Gasteiger partial charge in [-0.05, 0) is 46.0 Å². The molecule has 0 saturated heterocycles. The summed E-state index contributed by atoms with van der Waals surface area (Å²) >= 11 is 0. The SMILES string of the molecule is CCO[C@H]1C[C@H](NC(=O)NCCCCn2ccnc2C)C12CCC2. The Morgan fingerprint density at radius 2 is 2.29 bits per heavy atom. The van der Waals surface area contributed by atoms with Crippen molar-refractivity contribution >= 4 is 6.03 Å². The molecular weight excluding hydrogens is 304 g/mol. The normalized spacial score (nSPS) is 24.2. The van der Waals surface area contributed by atoms with Gasteiger partial charge >= 0.3 is 6.03 Å². The van der Waals surface area contributed by atoms with E-state index < -0.39 is 0 Å². The van der Waals surface area contributed by atoms with Crippen LogP contribution in [0.2, 0.25) is 0 Å². The fourth-order valence-corrected chi connectivity index (χ4v) is 4.10. The Bertz CT molecular complexity index is 553. The van der Waals surface area contributed by atoms with Gasteiger partial charge in [-0.25, -0.2) is 9.78 Å². The van der Waals surface area contributed by atoms with E-state index in [-0.39, 0.29) is 17.5 Å². The fourth-order valence-electron chi connectivity index (χ4n) is 4.10. The van der Waals surface area contributed by atoms with Crippen LogP contribution in [0.3, 0.4) is 0 Å². The molecule has 1 aromatic rings. The van der Waals surface area contributed by atoms with Gasteiger partial charge in [0.1, 0.15) is 5.82 Å². The summed E-state index contributed by atoms with van der Waals surface area (Å²) in [5.41, 5.74) is 0.228. The Kier molecular flexibility index (Phi) is 5.43. The van der Waals surface area contributed by atoms with Crippen molar-refractivity contribution in [3.05, 3.63) is 18.2 Å². The zero-order valence-electron chi connectivity index (χ0n) is 14.9. The van der Waals surface area contributed by atoms with E-state index in [9.17, 15) is 4.79 Å². The average molecular weight is 334 g/mol. The number of ether oxygens (including phenoxy) is 1. The fraction of sp³-hybridized carbons (Fsp3) is 0.778. The van der Waals surface area contributed by atoms with Crippen LogP contribution in [0.1, 0.15) is 51.3 Å². The van der Waals surface area contributed by atoms with Crippen LogP contribution in [0.25, 0.3) is 0 Å². The molecule has 1 aromatic heterocycles. The van der Waals surface area contributed by atoms with Gasteiger partial charge in [0.2, 0.25) is 0 Å². The number of hydrogen-bond donors (Lipinski definition) is 2. The third kappa shape index (κ3) is 3.43. The molecule has 0 radical (unpaired) electrons. The van der Waals surface area contributed by atoms with Gasteiger partial charge in [0.05, 0.1) is 6.10 Å². The van der Waals surface area contributed by atoms with Crippen molar-refractivity contribution in [1.29, 1.82) is 0 Å². The lowest BCUT2D eigenvalue weighted by atomic mass is 9.51. The van der Waals surface area contributed by atoms with Crippen LogP contribution in [-0.4, -0.2) is 40.9 Å². The topological polar surface area (TPSA) is 68.2 Å². The summed E-state index contributed by atoms with van der Waals surface area (Å²) in [5.74, 6) is 1.04. The highest BCUT2D eigenvalue weighted by molar-refractivity contribution is 5.74. The molecule has 1 heterocycles. The number of urea groups is 1. The maximum atomic E-state index is 12.1. The lowest BCUT2D eigenvalue weighted by Crippen LogP contribution is -2.68. The quantitative estimate of drug-likeness (QED) is 0.718. The van der Waals surface area contributed by atoms with E-state index in [1.165, 1.54) is 19.3 Å². The minimum atomic E-state index is -0.0277. The molecular formula is C18H30N4O2. The highest BCUT2D eigenvalue weighted by Gasteiger charge is 2.59. The zero-order chi connectivity index (χ0) is 17.0. The number of carbonyl (C=O) groups is 1. The first-order valence-electron chi connectivity index (χ1n) is 9.29. The van der Waals surface area contributed by atoms with Gasteiger partial charge in [-0.1, -0.05) is 6.42 Å². The van der Waals surface area contributed by atoms with Crippen LogP contribution in [0.4, 0.5) is 4.79 Å². The lowest BCUT2D eigenvalue weighted by molar-refractivity contribution is -0.169. The highest BCUT2D eigenvalue weighted by Crippen LogP contribution is 2.57. The molecule has 24 heavy (non-hydrogen) atoms. The molecule has 134 valence electrons. The molecule has 6 heteroatoms. The number of rotatable bonds is 8. The Morgan fingerprint density at radius 1 is 1.46 bits per heavy atom. The summed E-state index contributed by atoms with van der Waals surface area (Å²) in [6.45, 7) is 6.49. The summed E-state index contributed by atoms with van der Waals surface area (Å²) in [4.78, 5) is 16.3. The van der Waals surface area contributed by atoms with E-state index in [0.717, 1.165) is 38.2 Å². The molecule has 0 bridgehead atoms. The Balaban J connectivity index is 1.31. The number of nitrogens with one attached hydrogen (secondary N) is 2. The van der Waals surface area contributed by atoms with Crippen molar-refractivity contribution in [1.82, 2.24) is 20.2 Å². The Morgan fingerprint density at radius 3 is 2.92 bits per heavy atom. The average Bonchev–Trinajstić information content (AvgIpc) is 2.89. The van der Waals surface area contributed by atoms with Crippen molar-refractivity contribution in [2.45, 2.75) is 71.1 Å². The largest absolute Gasteiger partial charge is 0.378 e. The second-order valence-corrected chi connectivity index (χ2v) is 7.09. The summed E-state index contributed by atoms with van der Waals surface area (Å²) in [6.07, 6.45) is 10.8. The van der Waals surface area contributed by atoms with Crippen LogP contribution < -0.4 is 10.6 Å². The van der Waals surface area contributed by atoms with Crippen molar-refractivity contribution in [3.8, 4) is 0 Å². The second kappa shape index (κ2) is 7.55. The molecule has 2 aliphatic carbocycles. The first kappa shape index (κ1) is 17.3. The second-order valence-electron chi connectivity index (χ2n) is 7.09. The van der Waals surface area contributed by atoms with Gasteiger partial charge in [0.25, 0.3) is 0 Å². The van der Waals surface area contributed by atoms with Crippen LogP contribution in [0, 0.1) is 12.3 Å². The first-order valence-corrected chi connectivity index (χ1v) is 9.29. The molecule has 0 unspecified atom stereocenters. The van der Waals surface area contributed by atoms with Crippen LogP contribution >= 0.6 is 0 Å². The van der Waals surface area contributed by atoms with E-state index >= 15 is 0 Å². The highest BCUT2D eigenvalue weighted by atomic mass is 16.5. The third-order valence-corrected chi connectivity index (χ3v) is 5.78. The predicted molar refractivity (Wildman–Crippen MR) is 92.8 cm³/mol.